The predicted octanol–water partition coefficient (Wildman–Crippen LogP) is 5.11. The fourth-order valence-corrected chi connectivity index (χ4v) is 3.34. The second kappa shape index (κ2) is 19.2. The molecular weight excluding hydrogens is 326 g/mol. The fraction of sp³-hybridized carbons (Fsp3) is 0.955. The van der Waals surface area contributed by atoms with Crippen molar-refractivity contribution in [1.29, 1.82) is 0 Å². The van der Waals surface area contributed by atoms with Crippen LogP contribution in [0, 0.1) is 0 Å². The third-order valence-electron chi connectivity index (χ3n) is 5.09. The molecule has 0 aliphatic carbocycles. The summed E-state index contributed by atoms with van der Waals surface area (Å²) in [5.74, 6) is -0.0871. The van der Waals surface area contributed by atoms with Gasteiger partial charge in [-0.2, -0.15) is 0 Å². The number of carbonyl (C=O) groups is 1. The van der Waals surface area contributed by atoms with Gasteiger partial charge in [0.05, 0.1) is 18.8 Å². The van der Waals surface area contributed by atoms with Crippen molar-refractivity contribution in [2.24, 2.45) is 0 Å². The third-order valence-corrected chi connectivity index (χ3v) is 5.09. The maximum Gasteiger partial charge on any atom is 0.220 e. The Labute approximate surface area is 162 Å². The summed E-state index contributed by atoms with van der Waals surface area (Å²) in [5, 5.41) is 22.2. The summed E-state index contributed by atoms with van der Waals surface area (Å²) in [6.07, 6.45) is 18.2. The van der Waals surface area contributed by atoms with Crippen LogP contribution in [0.3, 0.4) is 0 Å². The van der Waals surface area contributed by atoms with E-state index < -0.39 is 12.1 Å². The van der Waals surface area contributed by atoms with E-state index in [1.165, 1.54) is 70.6 Å². The molecule has 0 bridgehead atoms. The zero-order chi connectivity index (χ0) is 19.5. The lowest BCUT2D eigenvalue weighted by atomic mass is 10.0. The predicted molar refractivity (Wildman–Crippen MR) is 110 cm³/mol. The smallest absolute Gasteiger partial charge is 0.220 e. The summed E-state index contributed by atoms with van der Waals surface area (Å²) >= 11 is 0. The van der Waals surface area contributed by atoms with Gasteiger partial charge < -0.3 is 15.5 Å². The van der Waals surface area contributed by atoms with Gasteiger partial charge in [-0.1, -0.05) is 97.3 Å². The Balaban J connectivity index is 3.46. The first kappa shape index (κ1) is 25.4. The first-order valence-electron chi connectivity index (χ1n) is 11.2. The summed E-state index contributed by atoms with van der Waals surface area (Å²) in [6.45, 7) is 4.00. The van der Waals surface area contributed by atoms with E-state index in [0.29, 0.717) is 12.8 Å². The maximum absolute atomic E-state index is 11.6. The number of amides is 1. The van der Waals surface area contributed by atoms with E-state index in [4.69, 9.17) is 0 Å². The van der Waals surface area contributed by atoms with Crippen LogP contribution in [-0.2, 0) is 4.79 Å². The Morgan fingerprint density at radius 1 is 0.769 bits per heavy atom. The lowest BCUT2D eigenvalue weighted by Gasteiger charge is -2.22. The molecule has 4 nitrogen and oxygen atoms in total. The average Bonchev–Trinajstić information content (AvgIpc) is 2.63. The molecule has 0 saturated heterocycles. The minimum atomic E-state index is -0.645. The van der Waals surface area contributed by atoms with E-state index >= 15 is 0 Å². The van der Waals surface area contributed by atoms with Crippen molar-refractivity contribution >= 4 is 5.91 Å². The molecular formula is C22H45NO3. The molecule has 156 valence electrons. The van der Waals surface area contributed by atoms with E-state index in [9.17, 15) is 15.0 Å². The van der Waals surface area contributed by atoms with Crippen LogP contribution in [0.5, 0.6) is 0 Å². The van der Waals surface area contributed by atoms with Gasteiger partial charge in [0, 0.05) is 6.42 Å². The van der Waals surface area contributed by atoms with Crippen LogP contribution in [0.4, 0.5) is 0 Å². The second-order valence-corrected chi connectivity index (χ2v) is 7.71. The minimum absolute atomic E-state index is 0.0871. The van der Waals surface area contributed by atoms with Gasteiger partial charge in [-0.05, 0) is 12.8 Å². The highest BCUT2D eigenvalue weighted by Crippen LogP contribution is 2.14. The van der Waals surface area contributed by atoms with E-state index in [1.54, 1.807) is 0 Å². The van der Waals surface area contributed by atoms with Crippen molar-refractivity contribution in [2.75, 3.05) is 6.61 Å². The van der Waals surface area contributed by atoms with Crippen molar-refractivity contribution in [2.45, 2.75) is 129 Å². The monoisotopic (exact) mass is 371 g/mol. The number of aliphatic hydroxyl groups is 2. The Hall–Kier alpha value is -0.610. The van der Waals surface area contributed by atoms with Gasteiger partial charge in [0.2, 0.25) is 5.91 Å². The molecule has 2 atom stereocenters. The molecule has 0 aliphatic rings. The number of hydrogen-bond donors (Lipinski definition) is 3. The van der Waals surface area contributed by atoms with Crippen LogP contribution in [0.2, 0.25) is 0 Å². The van der Waals surface area contributed by atoms with Crippen LogP contribution in [-0.4, -0.2) is 34.9 Å². The zero-order valence-electron chi connectivity index (χ0n) is 17.5. The SMILES string of the molecule is CCCCCCCCCCCCCCC[C@H](O)[C@H](CO)NC(=O)CCC. The molecule has 0 aromatic heterocycles. The van der Waals surface area contributed by atoms with Gasteiger partial charge in [0.1, 0.15) is 0 Å². The molecule has 0 spiro atoms. The highest BCUT2D eigenvalue weighted by atomic mass is 16.3. The van der Waals surface area contributed by atoms with Crippen molar-refractivity contribution in [3.05, 3.63) is 0 Å². The van der Waals surface area contributed by atoms with Crippen LogP contribution in [0.1, 0.15) is 117 Å². The minimum Gasteiger partial charge on any atom is -0.394 e. The number of hydrogen-bond acceptors (Lipinski definition) is 3. The summed E-state index contributed by atoms with van der Waals surface area (Å²) < 4.78 is 0. The first-order valence-corrected chi connectivity index (χ1v) is 11.2. The molecule has 0 aromatic rings. The number of nitrogens with one attached hydrogen (secondary N) is 1. The molecule has 26 heavy (non-hydrogen) atoms. The lowest BCUT2D eigenvalue weighted by Crippen LogP contribution is -2.45. The van der Waals surface area contributed by atoms with E-state index in [2.05, 4.69) is 12.2 Å². The Kier molecular flexibility index (Phi) is 18.7. The Bertz CT molecular complexity index is 310. The van der Waals surface area contributed by atoms with Crippen molar-refractivity contribution in [3.8, 4) is 0 Å². The number of aliphatic hydroxyl groups excluding tert-OH is 2. The third kappa shape index (κ3) is 15.6. The number of unbranched alkanes of at least 4 members (excludes halogenated alkanes) is 12. The fourth-order valence-electron chi connectivity index (χ4n) is 3.34. The molecule has 1 amide bonds. The van der Waals surface area contributed by atoms with Gasteiger partial charge >= 0.3 is 0 Å². The quantitative estimate of drug-likeness (QED) is 0.276. The summed E-state index contributed by atoms with van der Waals surface area (Å²) in [7, 11) is 0. The van der Waals surface area contributed by atoms with E-state index in [0.717, 1.165) is 19.3 Å². The van der Waals surface area contributed by atoms with Crippen LogP contribution in [0.15, 0.2) is 0 Å². The van der Waals surface area contributed by atoms with Gasteiger partial charge in [-0.3, -0.25) is 4.79 Å². The van der Waals surface area contributed by atoms with Crippen molar-refractivity contribution in [1.82, 2.24) is 5.32 Å². The molecule has 0 saturated carbocycles. The Morgan fingerprint density at radius 3 is 1.65 bits per heavy atom. The molecule has 0 rings (SSSR count). The van der Waals surface area contributed by atoms with Gasteiger partial charge in [-0.15, -0.1) is 0 Å². The van der Waals surface area contributed by atoms with E-state index in [-0.39, 0.29) is 12.5 Å². The van der Waals surface area contributed by atoms with Crippen LogP contribution in [0.25, 0.3) is 0 Å². The zero-order valence-corrected chi connectivity index (χ0v) is 17.5. The molecule has 0 radical (unpaired) electrons. The summed E-state index contributed by atoms with van der Waals surface area (Å²) in [6, 6.07) is -0.522. The highest BCUT2D eigenvalue weighted by molar-refractivity contribution is 5.76. The van der Waals surface area contributed by atoms with Crippen LogP contribution >= 0.6 is 0 Å². The highest BCUT2D eigenvalue weighted by Gasteiger charge is 2.19. The summed E-state index contributed by atoms with van der Waals surface area (Å²) in [5.41, 5.74) is 0. The van der Waals surface area contributed by atoms with Crippen molar-refractivity contribution < 1.29 is 15.0 Å². The van der Waals surface area contributed by atoms with Gasteiger partial charge in [0.15, 0.2) is 0 Å². The number of rotatable bonds is 19. The van der Waals surface area contributed by atoms with Gasteiger partial charge in [-0.25, -0.2) is 0 Å². The molecule has 0 fully saturated rings. The first-order chi connectivity index (χ1) is 12.7. The maximum atomic E-state index is 11.6. The molecule has 4 heteroatoms. The molecule has 0 aromatic carbocycles. The Morgan fingerprint density at radius 2 is 1.23 bits per heavy atom. The summed E-state index contributed by atoms with van der Waals surface area (Å²) in [4.78, 5) is 11.6. The second-order valence-electron chi connectivity index (χ2n) is 7.71. The molecule has 0 aliphatic heterocycles. The normalized spacial score (nSPS) is 13.5. The average molecular weight is 372 g/mol. The molecule has 0 unspecified atom stereocenters. The van der Waals surface area contributed by atoms with Crippen molar-refractivity contribution in [3.63, 3.8) is 0 Å². The largest absolute Gasteiger partial charge is 0.394 e. The van der Waals surface area contributed by atoms with Gasteiger partial charge in [0.25, 0.3) is 0 Å². The molecule has 3 N–H and O–H groups in total. The lowest BCUT2D eigenvalue weighted by molar-refractivity contribution is -0.123. The van der Waals surface area contributed by atoms with E-state index in [1.807, 2.05) is 6.92 Å². The number of carbonyl (C=O) groups excluding carboxylic acids is 1. The topological polar surface area (TPSA) is 69.6 Å². The van der Waals surface area contributed by atoms with Crippen LogP contribution < -0.4 is 5.32 Å². The molecule has 0 heterocycles. The standard InChI is InChI=1S/C22H45NO3/c1-3-5-6-7-8-9-10-11-12-13-14-15-16-18-21(25)20(19-24)23-22(26)17-4-2/h20-21,24-25H,3-19H2,1-2H3,(H,23,26)/t20-,21-/m0/s1.